The van der Waals surface area contributed by atoms with Gasteiger partial charge in [0.25, 0.3) is 0 Å². The van der Waals surface area contributed by atoms with E-state index in [1.54, 1.807) is 36.6 Å². The van der Waals surface area contributed by atoms with Gasteiger partial charge in [0.1, 0.15) is 11.9 Å². The van der Waals surface area contributed by atoms with Crippen LogP contribution in [0.2, 0.25) is 0 Å². The fourth-order valence-corrected chi connectivity index (χ4v) is 8.34. The predicted molar refractivity (Wildman–Crippen MR) is 215 cm³/mol. The molecule has 2 aliphatic heterocycles. The van der Waals surface area contributed by atoms with Crippen LogP contribution < -0.4 is 20.9 Å². The second kappa shape index (κ2) is 16.9. The van der Waals surface area contributed by atoms with Crippen molar-refractivity contribution in [1.82, 2.24) is 5.32 Å². The Morgan fingerprint density at radius 2 is 1.84 bits per heavy atom. The maximum Gasteiger partial charge on any atom is 0.161 e. The van der Waals surface area contributed by atoms with Crippen molar-refractivity contribution in [3.05, 3.63) is 129 Å². The van der Waals surface area contributed by atoms with E-state index in [9.17, 15) is 20.1 Å². The lowest BCUT2D eigenvalue weighted by Gasteiger charge is -2.29. The zero-order chi connectivity index (χ0) is 38.4. The first-order valence-corrected chi connectivity index (χ1v) is 19.7. The van der Waals surface area contributed by atoms with E-state index in [4.69, 9.17) is 10.5 Å². The van der Waals surface area contributed by atoms with Crippen molar-refractivity contribution < 1.29 is 24.9 Å². The molecule has 0 amide bonds. The number of nitrogens with one attached hydrogen (secondary N) is 1. The molecule has 2 heterocycles. The standard InChI is InChI=1S/C47H51N3O5/c1-2-3-19-47(20-4-5-21-47)22-15-35(51)12-9-31-11-14-43(53)45(27-31)55-25-18-32-10-13-42(52)40(26-32)39-30-44(54)36-17-24-49-41(36)8-6-7-33-29-38-34(28-37(33)39)16-23-50-46(38)48/h10-11,13-17,22-24,26-29,39,46,50,52-54H,2-5,8-9,12,18-21,25,30,48H2,1H3/p-1. The van der Waals surface area contributed by atoms with Gasteiger partial charge in [-0.15, -0.1) is 5.76 Å². The summed E-state index contributed by atoms with van der Waals surface area (Å²) in [5.41, 5.74) is 13.7. The number of carbonyl (C=O) groups is 1. The van der Waals surface area contributed by atoms with Crippen molar-refractivity contribution in [1.29, 1.82) is 0 Å². The summed E-state index contributed by atoms with van der Waals surface area (Å²) in [6.07, 6.45) is 21.0. The predicted octanol–water partition coefficient (Wildman–Crippen LogP) is 7.92. The van der Waals surface area contributed by atoms with Gasteiger partial charge < -0.3 is 31.1 Å². The minimum Gasteiger partial charge on any atom is -0.875 e. The largest absolute Gasteiger partial charge is 0.875 e. The van der Waals surface area contributed by atoms with E-state index in [0.717, 1.165) is 39.8 Å². The highest BCUT2D eigenvalue weighted by Gasteiger charge is 2.30. The van der Waals surface area contributed by atoms with Crippen LogP contribution in [0.25, 0.3) is 6.08 Å². The van der Waals surface area contributed by atoms with E-state index in [0.29, 0.717) is 48.3 Å². The number of hydrogen-bond acceptors (Lipinski definition) is 8. The molecule has 8 heteroatoms. The van der Waals surface area contributed by atoms with Crippen molar-refractivity contribution in [2.45, 2.75) is 96.1 Å². The number of aryl methyl sites for hydroxylation is 1. The van der Waals surface area contributed by atoms with E-state index < -0.39 is 12.1 Å². The molecular weight excluding hydrogens is 687 g/mol. The molecular formula is C47H50N3O5-. The van der Waals surface area contributed by atoms with Gasteiger partial charge in [-0.1, -0.05) is 68.7 Å². The average molecular weight is 737 g/mol. The van der Waals surface area contributed by atoms with Crippen molar-refractivity contribution in [3.8, 4) is 29.1 Å². The quantitative estimate of drug-likeness (QED) is 0.103. The fraction of sp³-hybridized carbons (Fsp3) is 0.362. The zero-order valence-corrected chi connectivity index (χ0v) is 31.6. The van der Waals surface area contributed by atoms with Gasteiger partial charge in [0, 0.05) is 36.1 Å². The molecule has 3 aromatic carbocycles. The number of unbranched alkanes of at least 4 members (excludes halogenated alkanes) is 1. The molecule has 0 spiro atoms. The second-order valence-electron chi connectivity index (χ2n) is 15.3. The molecule has 0 bridgehead atoms. The molecule has 2 aliphatic carbocycles. The molecule has 1 fully saturated rings. The molecule has 0 aromatic heterocycles. The minimum atomic E-state index is -0.498. The third-order valence-electron chi connectivity index (χ3n) is 11.5. The van der Waals surface area contributed by atoms with E-state index in [1.807, 2.05) is 42.6 Å². The number of ketones is 1. The van der Waals surface area contributed by atoms with Crippen molar-refractivity contribution in [3.63, 3.8) is 0 Å². The van der Waals surface area contributed by atoms with Gasteiger partial charge in [-0.2, -0.15) is 0 Å². The Kier molecular flexibility index (Phi) is 11.6. The van der Waals surface area contributed by atoms with Crippen LogP contribution in [0, 0.1) is 17.3 Å². The number of carbonyl (C=O) groups excluding carboxylic acids is 1. The maximum absolute atomic E-state index is 13.8. The average Bonchev–Trinajstić information content (AvgIpc) is 3.87. The highest BCUT2D eigenvalue weighted by Crippen LogP contribution is 2.44. The van der Waals surface area contributed by atoms with E-state index >= 15 is 0 Å². The fourth-order valence-electron chi connectivity index (χ4n) is 8.34. The van der Waals surface area contributed by atoms with Crippen LogP contribution in [0.15, 0.2) is 95.5 Å². The topological polar surface area (TPSA) is 140 Å². The SMILES string of the molecule is CCCCC1(C=CC(=O)CCc2ccc(O)c(OCCc3ccc(O)c(C4CC([O-])=C5C=CN=C5CC#Cc5cc6c(cc54)C=CNC6N)c3)c2)CCCC1. The van der Waals surface area contributed by atoms with Gasteiger partial charge in [-0.3, -0.25) is 9.79 Å². The number of rotatable bonds is 13. The summed E-state index contributed by atoms with van der Waals surface area (Å²) in [6.45, 7) is 2.48. The van der Waals surface area contributed by atoms with Crippen LogP contribution in [0.5, 0.6) is 17.2 Å². The highest BCUT2D eigenvalue weighted by atomic mass is 16.5. The Labute approximate surface area is 324 Å². The molecule has 284 valence electrons. The molecule has 8 nitrogen and oxygen atoms in total. The molecule has 55 heavy (non-hydrogen) atoms. The van der Waals surface area contributed by atoms with E-state index in [1.165, 1.54) is 38.5 Å². The third-order valence-corrected chi connectivity index (χ3v) is 11.5. The van der Waals surface area contributed by atoms with Crippen molar-refractivity contribution >= 4 is 17.6 Å². The Morgan fingerprint density at radius 3 is 2.65 bits per heavy atom. The minimum absolute atomic E-state index is 0.0341. The van der Waals surface area contributed by atoms with Crippen LogP contribution in [0.4, 0.5) is 0 Å². The monoisotopic (exact) mass is 736 g/mol. The summed E-state index contributed by atoms with van der Waals surface area (Å²) >= 11 is 0. The number of benzene rings is 3. The molecule has 0 radical (unpaired) electrons. The number of aliphatic imine (C=N–C) groups is 1. The Hall–Kier alpha value is -5.52. The lowest BCUT2D eigenvalue weighted by molar-refractivity contribution is -0.307. The van der Waals surface area contributed by atoms with E-state index in [-0.39, 0.29) is 41.5 Å². The number of phenolic OH excluding ortho intramolecular Hbond substituents is 2. The number of aromatic hydroxyl groups is 2. The summed E-state index contributed by atoms with van der Waals surface area (Å²) in [6, 6.07) is 14.7. The Balaban J connectivity index is 1.07. The van der Waals surface area contributed by atoms with Crippen LogP contribution >= 0.6 is 0 Å². The van der Waals surface area contributed by atoms with Crippen LogP contribution in [0.3, 0.4) is 0 Å². The molecule has 3 aromatic rings. The van der Waals surface area contributed by atoms with Gasteiger partial charge in [-0.25, -0.2) is 0 Å². The summed E-state index contributed by atoms with van der Waals surface area (Å²) in [5.74, 6) is 6.59. The van der Waals surface area contributed by atoms with Gasteiger partial charge in [0.15, 0.2) is 17.3 Å². The lowest BCUT2D eigenvalue weighted by atomic mass is 9.80. The summed E-state index contributed by atoms with van der Waals surface area (Å²) in [5, 5.41) is 38.9. The number of phenols is 2. The number of nitrogens with two attached hydrogens (primary N) is 1. The first-order chi connectivity index (χ1) is 26.7. The Morgan fingerprint density at radius 1 is 1.04 bits per heavy atom. The smallest absolute Gasteiger partial charge is 0.161 e. The molecule has 5 N–H and O–H groups in total. The van der Waals surface area contributed by atoms with Gasteiger partial charge >= 0.3 is 0 Å². The molecule has 7 rings (SSSR count). The Bertz CT molecular complexity index is 2160. The normalized spacial score (nSPS) is 19.6. The summed E-state index contributed by atoms with van der Waals surface area (Å²) < 4.78 is 6.10. The number of nitrogens with zero attached hydrogens (tertiary/aromatic N) is 1. The molecule has 1 saturated carbocycles. The number of ether oxygens (including phenoxy) is 1. The number of fused-ring (bicyclic) bond motifs is 3. The number of allylic oxidation sites excluding steroid dienone is 5. The van der Waals surface area contributed by atoms with Gasteiger partial charge in [0.05, 0.1) is 18.7 Å². The van der Waals surface area contributed by atoms with Crippen LogP contribution in [-0.2, 0) is 17.6 Å². The molecule has 4 aliphatic rings. The summed E-state index contributed by atoms with van der Waals surface area (Å²) in [4.78, 5) is 17.3. The molecule has 2 atom stereocenters. The highest BCUT2D eigenvalue weighted by molar-refractivity contribution is 6.06. The van der Waals surface area contributed by atoms with Crippen LogP contribution in [0.1, 0.15) is 122 Å². The van der Waals surface area contributed by atoms with Gasteiger partial charge in [-0.05, 0) is 126 Å². The van der Waals surface area contributed by atoms with Crippen molar-refractivity contribution in [2.24, 2.45) is 16.1 Å². The van der Waals surface area contributed by atoms with E-state index in [2.05, 4.69) is 35.1 Å². The third kappa shape index (κ3) is 8.74. The van der Waals surface area contributed by atoms with Gasteiger partial charge in [0.2, 0.25) is 0 Å². The molecule has 2 unspecified atom stereocenters. The van der Waals surface area contributed by atoms with Crippen LogP contribution in [-0.4, -0.2) is 28.3 Å². The number of hydrogen-bond donors (Lipinski definition) is 4. The lowest BCUT2D eigenvalue weighted by Crippen LogP contribution is -2.27. The molecule has 0 saturated heterocycles. The first kappa shape index (κ1) is 37.8. The summed E-state index contributed by atoms with van der Waals surface area (Å²) in [7, 11) is 0. The first-order valence-electron chi connectivity index (χ1n) is 19.7. The van der Waals surface area contributed by atoms with Crippen molar-refractivity contribution in [2.75, 3.05) is 6.61 Å². The zero-order valence-electron chi connectivity index (χ0n) is 31.6. The maximum atomic E-state index is 13.8. The second-order valence-corrected chi connectivity index (χ2v) is 15.3.